The number of ether oxygens (including phenoxy) is 2. The highest BCUT2D eigenvalue weighted by molar-refractivity contribution is 7.20. The predicted octanol–water partition coefficient (Wildman–Crippen LogP) is 3.26. The summed E-state index contributed by atoms with van der Waals surface area (Å²) >= 11 is 1.16. The standard InChI is InChI=1S/C18H16N2O4S/c1-10-14-16(21)19-13(20-17(14)25-15(10)18(22)24-3)9-6-11-4-7-12(23-2)8-5-11/h4-9H,1-3H3,(H,19,20,21)/b9-6+. The van der Waals surface area contributed by atoms with Crippen LogP contribution in [0.5, 0.6) is 5.75 Å². The summed E-state index contributed by atoms with van der Waals surface area (Å²) in [4.78, 5) is 32.2. The van der Waals surface area contributed by atoms with Crippen LogP contribution in [0.2, 0.25) is 0 Å². The van der Waals surface area contributed by atoms with Gasteiger partial charge in [-0.15, -0.1) is 11.3 Å². The largest absolute Gasteiger partial charge is 0.497 e. The monoisotopic (exact) mass is 356 g/mol. The highest BCUT2D eigenvalue weighted by Gasteiger charge is 2.19. The Labute approximate surface area is 147 Å². The number of aromatic nitrogens is 2. The van der Waals surface area contributed by atoms with E-state index in [2.05, 4.69) is 9.97 Å². The number of hydrogen-bond acceptors (Lipinski definition) is 6. The van der Waals surface area contributed by atoms with E-state index in [1.165, 1.54) is 7.11 Å². The third kappa shape index (κ3) is 3.32. The molecule has 25 heavy (non-hydrogen) atoms. The number of carbonyl (C=O) groups excluding carboxylic acids is 1. The molecular formula is C18H16N2O4S. The number of H-pyrrole nitrogens is 1. The fourth-order valence-electron chi connectivity index (χ4n) is 2.42. The predicted molar refractivity (Wildman–Crippen MR) is 98.2 cm³/mol. The average Bonchev–Trinajstić information content (AvgIpc) is 2.96. The van der Waals surface area contributed by atoms with Crippen molar-refractivity contribution in [2.24, 2.45) is 0 Å². The van der Waals surface area contributed by atoms with Gasteiger partial charge in [-0.05, 0) is 36.3 Å². The molecule has 0 amide bonds. The van der Waals surface area contributed by atoms with Gasteiger partial charge in [0.25, 0.3) is 5.56 Å². The molecule has 0 aliphatic rings. The number of nitrogens with one attached hydrogen (secondary N) is 1. The summed E-state index contributed by atoms with van der Waals surface area (Å²) in [6.45, 7) is 1.72. The van der Waals surface area contributed by atoms with E-state index in [0.717, 1.165) is 22.6 Å². The Bertz CT molecular complexity index is 1020. The highest BCUT2D eigenvalue weighted by Crippen LogP contribution is 2.27. The third-order valence-corrected chi connectivity index (χ3v) is 4.90. The number of hydrogen-bond donors (Lipinski definition) is 1. The minimum Gasteiger partial charge on any atom is -0.497 e. The smallest absolute Gasteiger partial charge is 0.348 e. The second-order valence-electron chi connectivity index (χ2n) is 5.29. The van der Waals surface area contributed by atoms with E-state index in [-0.39, 0.29) is 5.56 Å². The van der Waals surface area contributed by atoms with Crippen LogP contribution in [0, 0.1) is 6.92 Å². The fourth-order valence-corrected chi connectivity index (χ4v) is 3.52. The van der Waals surface area contributed by atoms with Gasteiger partial charge in [-0.1, -0.05) is 18.2 Å². The second kappa shape index (κ2) is 6.90. The number of fused-ring (bicyclic) bond motifs is 1. The van der Waals surface area contributed by atoms with Gasteiger partial charge in [-0.3, -0.25) is 4.79 Å². The van der Waals surface area contributed by atoms with Crippen LogP contribution in [-0.4, -0.2) is 30.2 Å². The van der Waals surface area contributed by atoms with E-state index in [0.29, 0.717) is 26.5 Å². The van der Waals surface area contributed by atoms with Crippen molar-refractivity contribution in [1.82, 2.24) is 9.97 Å². The van der Waals surface area contributed by atoms with Crippen molar-refractivity contribution >= 4 is 39.7 Å². The van der Waals surface area contributed by atoms with Crippen molar-refractivity contribution < 1.29 is 14.3 Å². The molecule has 2 heterocycles. The van der Waals surface area contributed by atoms with Gasteiger partial charge in [0.2, 0.25) is 0 Å². The van der Waals surface area contributed by atoms with Crippen molar-refractivity contribution in [2.75, 3.05) is 14.2 Å². The number of methoxy groups -OCH3 is 2. The molecule has 0 spiro atoms. The molecule has 128 valence electrons. The number of aromatic amines is 1. The van der Waals surface area contributed by atoms with Crippen LogP contribution in [0.3, 0.4) is 0 Å². The molecule has 0 aliphatic heterocycles. The fraction of sp³-hybridized carbons (Fsp3) is 0.167. The molecule has 0 atom stereocenters. The Morgan fingerprint density at radius 2 is 1.92 bits per heavy atom. The molecule has 0 saturated heterocycles. The second-order valence-corrected chi connectivity index (χ2v) is 6.28. The lowest BCUT2D eigenvalue weighted by molar-refractivity contribution is 0.0605. The number of nitrogens with zero attached hydrogens (tertiary/aromatic N) is 1. The maximum Gasteiger partial charge on any atom is 0.348 e. The van der Waals surface area contributed by atoms with Gasteiger partial charge in [-0.2, -0.15) is 0 Å². The molecular weight excluding hydrogens is 340 g/mol. The molecule has 6 nitrogen and oxygen atoms in total. The van der Waals surface area contributed by atoms with Crippen LogP contribution in [0.1, 0.15) is 26.6 Å². The summed E-state index contributed by atoms with van der Waals surface area (Å²) in [5, 5.41) is 0.423. The molecule has 0 saturated carbocycles. The minimum atomic E-state index is -0.463. The SMILES string of the molecule is COC(=O)c1sc2nc(/C=C/c3ccc(OC)cc3)[nH]c(=O)c2c1C. The molecule has 0 radical (unpaired) electrons. The van der Waals surface area contributed by atoms with Crippen LogP contribution < -0.4 is 10.3 Å². The topological polar surface area (TPSA) is 81.3 Å². The van der Waals surface area contributed by atoms with Gasteiger partial charge in [0.05, 0.1) is 19.6 Å². The van der Waals surface area contributed by atoms with Gasteiger partial charge < -0.3 is 14.5 Å². The summed E-state index contributed by atoms with van der Waals surface area (Å²) in [5.74, 6) is 0.732. The van der Waals surface area contributed by atoms with Crippen molar-refractivity contribution in [3.8, 4) is 5.75 Å². The Morgan fingerprint density at radius 1 is 1.20 bits per heavy atom. The van der Waals surface area contributed by atoms with E-state index in [1.54, 1.807) is 20.1 Å². The first-order valence-electron chi connectivity index (χ1n) is 7.47. The number of benzene rings is 1. The van der Waals surface area contributed by atoms with Gasteiger partial charge in [0.15, 0.2) is 0 Å². The lowest BCUT2D eigenvalue weighted by Crippen LogP contribution is -2.09. The summed E-state index contributed by atoms with van der Waals surface area (Å²) in [6.07, 6.45) is 3.56. The third-order valence-electron chi connectivity index (χ3n) is 3.74. The maximum absolute atomic E-state index is 12.3. The van der Waals surface area contributed by atoms with Gasteiger partial charge in [-0.25, -0.2) is 9.78 Å². The highest BCUT2D eigenvalue weighted by atomic mass is 32.1. The zero-order chi connectivity index (χ0) is 18.0. The zero-order valence-corrected chi connectivity index (χ0v) is 14.8. The molecule has 3 rings (SSSR count). The average molecular weight is 356 g/mol. The van der Waals surface area contributed by atoms with Crippen molar-refractivity contribution in [3.05, 3.63) is 56.4 Å². The van der Waals surface area contributed by atoms with Crippen molar-refractivity contribution in [2.45, 2.75) is 6.92 Å². The first-order valence-corrected chi connectivity index (χ1v) is 8.29. The minimum absolute atomic E-state index is 0.275. The van der Waals surface area contributed by atoms with E-state index >= 15 is 0 Å². The van der Waals surface area contributed by atoms with Crippen LogP contribution in [0.15, 0.2) is 29.1 Å². The van der Waals surface area contributed by atoms with Crippen LogP contribution in [-0.2, 0) is 4.74 Å². The van der Waals surface area contributed by atoms with Crippen LogP contribution in [0.25, 0.3) is 22.4 Å². The number of carbonyl (C=O) groups is 1. The van der Waals surface area contributed by atoms with E-state index < -0.39 is 5.97 Å². The van der Waals surface area contributed by atoms with Crippen LogP contribution in [0.4, 0.5) is 0 Å². The molecule has 1 aromatic carbocycles. The number of aryl methyl sites for hydroxylation is 1. The maximum atomic E-state index is 12.3. The molecule has 1 N–H and O–H groups in total. The zero-order valence-electron chi connectivity index (χ0n) is 14.0. The van der Waals surface area contributed by atoms with E-state index in [9.17, 15) is 9.59 Å². The summed E-state index contributed by atoms with van der Waals surface area (Å²) in [6, 6.07) is 7.50. The number of esters is 1. The molecule has 0 bridgehead atoms. The summed E-state index contributed by atoms with van der Waals surface area (Å²) < 4.78 is 9.87. The summed E-state index contributed by atoms with van der Waals surface area (Å²) in [7, 11) is 2.92. The van der Waals surface area contributed by atoms with Crippen molar-refractivity contribution in [3.63, 3.8) is 0 Å². The molecule has 0 unspecified atom stereocenters. The lowest BCUT2D eigenvalue weighted by Gasteiger charge is -1.99. The Hall–Kier alpha value is -2.93. The number of thiophene rings is 1. The number of rotatable bonds is 4. The molecule has 0 aliphatic carbocycles. The van der Waals surface area contributed by atoms with Gasteiger partial charge in [0.1, 0.15) is 21.3 Å². The molecule has 0 fully saturated rings. The van der Waals surface area contributed by atoms with E-state index in [4.69, 9.17) is 9.47 Å². The van der Waals surface area contributed by atoms with Crippen molar-refractivity contribution in [1.29, 1.82) is 0 Å². The quantitative estimate of drug-likeness (QED) is 0.726. The van der Waals surface area contributed by atoms with Gasteiger partial charge >= 0.3 is 5.97 Å². The summed E-state index contributed by atoms with van der Waals surface area (Å²) in [5.41, 5.74) is 1.26. The normalized spacial score (nSPS) is 11.2. The Balaban J connectivity index is 1.98. The first-order chi connectivity index (χ1) is 12.0. The molecule has 7 heteroatoms. The van der Waals surface area contributed by atoms with Crippen LogP contribution >= 0.6 is 11.3 Å². The Morgan fingerprint density at radius 3 is 2.56 bits per heavy atom. The first kappa shape index (κ1) is 16.9. The van der Waals surface area contributed by atoms with Gasteiger partial charge in [0, 0.05) is 0 Å². The molecule has 2 aromatic heterocycles. The Kier molecular flexibility index (Phi) is 4.67. The lowest BCUT2D eigenvalue weighted by atomic mass is 10.2. The van der Waals surface area contributed by atoms with E-state index in [1.807, 2.05) is 30.3 Å². The molecule has 3 aromatic rings.